The van der Waals surface area contributed by atoms with Crippen LogP contribution in [-0.4, -0.2) is 53.8 Å². The Hall–Kier alpha value is -3.13. The predicted molar refractivity (Wildman–Crippen MR) is 125 cm³/mol. The number of aromatic nitrogens is 1. The van der Waals surface area contributed by atoms with Gasteiger partial charge in [-0.2, -0.15) is 5.10 Å². The van der Waals surface area contributed by atoms with Gasteiger partial charge in [-0.05, 0) is 63.4 Å². The van der Waals surface area contributed by atoms with Crippen molar-refractivity contribution >= 4 is 35.4 Å². The Morgan fingerprint density at radius 2 is 1.97 bits per heavy atom. The molecule has 0 spiro atoms. The van der Waals surface area contributed by atoms with E-state index in [4.69, 9.17) is 16.3 Å². The third-order valence-electron chi connectivity index (χ3n) is 4.96. The molecule has 1 saturated heterocycles. The van der Waals surface area contributed by atoms with E-state index in [1.54, 1.807) is 36.5 Å². The summed E-state index contributed by atoms with van der Waals surface area (Å²) in [7, 11) is 0. The van der Waals surface area contributed by atoms with E-state index in [0.717, 1.165) is 32.4 Å². The molecular formula is C23H28ClN5O3. The van der Waals surface area contributed by atoms with Gasteiger partial charge in [0.05, 0.1) is 16.8 Å². The summed E-state index contributed by atoms with van der Waals surface area (Å²) in [6.07, 6.45) is 6.92. The zero-order chi connectivity index (χ0) is 22.9. The Kier molecular flexibility index (Phi) is 8.44. The van der Waals surface area contributed by atoms with Gasteiger partial charge in [0.1, 0.15) is 12.3 Å². The van der Waals surface area contributed by atoms with Crippen LogP contribution in [0.4, 0.5) is 5.69 Å². The third-order valence-corrected chi connectivity index (χ3v) is 5.26. The number of hydrazone groups is 1. The fourth-order valence-electron chi connectivity index (χ4n) is 3.43. The van der Waals surface area contributed by atoms with E-state index in [9.17, 15) is 9.59 Å². The second-order valence-corrected chi connectivity index (χ2v) is 8.11. The maximum atomic E-state index is 12.5. The molecule has 0 aliphatic carbocycles. The molecule has 0 radical (unpaired) electrons. The Morgan fingerprint density at radius 3 is 2.59 bits per heavy atom. The van der Waals surface area contributed by atoms with Crippen LogP contribution in [0.15, 0.2) is 47.8 Å². The van der Waals surface area contributed by atoms with Crippen LogP contribution in [0.1, 0.15) is 38.7 Å². The molecule has 1 aromatic heterocycles. The van der Waals surface area contributed by atoms with E-state index in [1.807, 2.05) is 18.7 Å². The number of amides is 2. The van der Waals surface area contributed by atoms with Crippen molar-refractivity contribution in [3.8, 4) is 5.75 Å². The average Bonchev–Trinajstić information content (AvgIpc) is 2.80. The highest BCUT2D eigenvalue weighted by Gasteiger charge is 2.20. The van der Waals surface area contributed by atoms with Gasteiger partial charge in [0.25, 0.3) is 0 Å². The predicted octanol–water partition coefficient (Wildman–Crippen LogP) is 3.45. The zero-order valence-electron chi connectivity index (χ0n) is 18.3. The van der Waals surface area contributed by atoms with Crippen LogP contribution in [0.2, 0.25) is 5.02 Å². The van der Waals surface area contributed by atoms with Crippen molar-refractivity contribution in [3.05, 3.63) is 53.3 Å². The van der Waals surface area contributed by atoms with Crippen LogP contribution in [0, 0.1) is 0 Å². The Morgan fingerprint density at radius 1 is 1.25 bits per heavy atom. The maximum absolute atomic E-state index is 12.5. The van der Waals surface area contributed by atoms with E-state index in [0.29, 0.717) is 28.4 Å². The largest absolute Gasteiger partial charge is 0.491 e. The number of anilines is 1. The number of carbonyl (C=O) groups excluding carboxylic acids is 2. The summed E-state index contributed by atoms with van der Waals surface area (Å²) in [5.74, 6) is 0.929. The molecule has 2 heterocycles. The molecule has 0 unspecified atom stereocenters. The highest BCUT2D eigenvalue weighted by molar-refractivity contribution is 6.35. The lowest BCUT2D eigenvalue weighted by atomic mass is 10.1. The minimum atomic E-state index is -0.0264. The molecule has 0 saturated carbocycles. The van der Waals surface area contributed by atoms with E-state index in [1.165, 1.54) is 11.1 Å². The lowest BCUT2D eigenvalue weighted by Gasteiger charge is -2.26. The number of nitrogens with one attached hydrogen (secondary N) is 1. The molecule has 1 aromatic carbocycles. The number of hydrogen-bond acceptors (Lipinski definition) is 6. The molecule has 2 aromatic rings. The molecule has 2 amide bonds. The Balaban J connectivity index is 1.84. The van der Waals surface area contributed by atoms with Crippen molar-refractivity contribution in [2.24, 2.45) is 5.10 Å². The smallest absolute Gasteiger partial charge is 0.243 e. The second kappa shape index (κ2) is 11.5. The first-order valence-electron chi connectivity index (χ1n) is 10.7. The number of rotatable bonds is 8. The van der Waals surface area contributed by atoms with Crippen LogP contribution in [0.25, 0.3) is 0 Å². The van der Waals surface area contributed by atoms with Crippen molar-refractivity contribution in [2.75, 3.05) is 24.5 Å². The quantitative estimate of drug-likeness (QED) is 0.284. The fourth-order valence-corrected chi connectivity index (χ4v) is 3.63. The van der Waals surface area contributed by atoms with Crippen LogP contribution in [-0.2, 0) is 9.59 Å². The summed E-state index contributed by atoms with van der Waals surface area (Å²) in [5, 5.41) is 4.71. The van der Waals surface area contributed by atoms with Crippen molar-refractivity contribution in [1.82, 2.24) is 15.3 Å². The highest BCUT2D eigenvalue weighted by Crippen LogP contribution is 2.23. The number of hydrogen-bond donors (Lipinski definition) is 1. The number of piperidine rings is 1. The van der Waals surface area contributed by atoms with Gasteiger partial charge in [-0.25, -0.2) is 0 Å². The molecule has 0 bridgehead atoms. The lowest BCUT2D eigenvalue weighted by molar-refractivity contribution is -0.131. The number of pyridine rings is 1. The first-order valence-corrected chi connectivity index (χ1v) is 11.1. The maximum Gasteiger partial charge on any atom is 0.243 e. The van der Waals surface area contributed by atoms with Gasteiger partial charge in [0.2, 0.25) is 12.3 Å². The molecule has 1 N–H and O–H groups in total. The normalized spacial score (nSPS) is 14.2. The van der Waals surface area contributed by atoms with E-state index >= 15 is 0 Å². The SMILES string of the molecule is CC(C)Oc1ccc(N(C=O)/C(=N\NCC(=O)N2CCCCC2)c2ccncc2Cl)cc1. The van der Waals surface area contributed by atoms with Gasteiger partial charge in [0.15, 0.2) is 5.84 Å². The summed E-state index contributed by atoms with van der Waals surface area (Å²) in [6, 6.07) is 8.75. The molecule has 8 nitrogen and oxygen atoms in total. The van der Waals surface area contributed by atoms with Crippen molar-refractivity contribution < 1.29 is 14.3 Å². The summed E-state index contributed by atoms with van der Waals surface area (Å²) >= 11 is 6.34. The number of ether oxygens (including phenoxy) is 1. The van der Waals surface area contributed by atoms with Crippen LogP contribution in [0.5, 0.6) is 5.75 Å². The molecule has 32 heavy (non-hydrogen) atoms. The molecule has 1 fully saturated rings. The summed E-state index contributed by atoms with van der Waals surface area (Å²) in [5.41, 5.74) is 3.91. The van der Waals surface area contributed by atoms with Crippen LogP contribution in [0.3, 0.4) is 0 Å². The van der Waals surface area contributed by atoms with Gasteiger partial charge in [-0.3, -0.25) is 24.9 Å². The molecule has 1 aliphatic heterocycles. The molecule has 3 rings (SSSR count). The number of nitrogens with zero attached hydrogens (tertiary/aromatic N) is 4. The third kappa shape index (κ3) is 6.20. The Labute approximate surface area is 193 Å². The van der Waals surface area contributed by atoms with Crippen molar-refractivity contribution in [2.45, 2.75) is 39.2 Å². The van der Waals surface area contributed by atoms with Gasteiger partial charge in [0, 0.05) is 31.0 Å². The molecule has 9 heteroatoms. The van der Waals surface area contributed by atoms with Crippen molar-refractivity contribution in [3.63, 3.8) is 0 Å². The Bertz CT molecular complexity index is 943. The number of halogens is 1. The number of likely N-dealkylation sites (tertiary alicyclic amines) is 1. The summed E-state index contributed by atoms with van der Waals surface area (Å²) in [4.78, 5) is 31.8. The number of benzene rings is 1. The van der Waals surface area contributed by atoms with Crippen LogP contribution < -0.4 is 15.1 Å². The highest BCUT2D eigenvalue weighted by atomic mass is 35.5. The van der Waals surface area contributed by atoms with Crippen molar-refractivity contribution in [1.29, 1.82) is 0 Å². The van der Waals surface area contributed by atoms with Gasteiger partial charge < -0.3 is 9.64 Å². The fraction of sp³-hybridized carbons (Fsp3) is 0.391. The summed E-state index contributed by atoms with van der Waals surface area (Å²) < 4.78 is 5.67. The standard InChI is InChI=1S/C23H28ClN5O3/c1-17(2)32-19-8-6-18(7-9-19)29(16-30)23(20-10-11-25-14-21(20)24)27-26-15-22(31)28-12-4-3-5-13-28/h6-11,14,16-17,26H,3-5,12-13,15H2,1-2H3/b27-23-. The van der Waals surface area contributed by atoms with Crippen LogP contribution >= 0.6 is 11.6 Å². The number of carbonyl (C=O) groups is 2. The van der Waals surface area contributed by atoms with E-state index in [2.05, 4.69) is 15.5 Å². The van der Waals surface area contributed by atoms with E-state index < -0.39 is 0 Å². The topological polar surface area (TPSA) is 87.1 Å². The second-order valence-electron chi connectivity index (χ2n) is 7.70. The minimum Gasteiger partial charge on any atom is -0.491 e. The molecule has 1 aliphatic rings. The van der Waals surface area contributed by atoms with E-state index in [-0.39, 0.29) is 24.4 Å². The van der Waals surface area contributed by atoms with Gasteiger partial charge in [-0.1, -0.05) is 11.6 Å². The molecule has 0 atom stereocenters. The zero-order valence-corrected chi connectivity index (χ0v) is 19.1. The molecule has 170 valence electrons. The van der Waals surface area contributed by atoms with Gasteiger partial charge >= 0.3 is 0 Å². The molecular weight excluding hydrogens is 430 g/mol. The minimum absolute atomic E-state index is 0.0264. The average molecular weight is 458 g/mol. The first-order chi connectivity index (χ1) is 15.5. The summed E-state index contributed by atoms with van der Waals surface area (Å²) in [6.45, 7) is 5.44. The first kappa shape index (κ1) is 23.5. The van der Waals surface area contributed by atoms with Gasteiger partial charge in [-0.15, -0.1) is 0 Å². The number of amidine groups is 1. The monoisotopic (exact) mass is 457 g/mol. The lowest BCUT2D eigenvalue weighted by Crippen LogP contribution is -2.41.